The van der Waals surface area contributed by atoms with Crippen LogP contribution in [0.3, 0.4) is 0 Å². The van der Waals surface area contributed by atoms with E-state index in [2.05, 4.69) is 9.80 Å². The molecule has 20 heavy (non-hydrogen) atoms. The Bertz CT molecular complexity index is 408. The predicted molar refractivity (Wildman–Crippen MR) is 80.9 cm³/mol. The van der Waals surface area contributed by atoms with E-state index in [1.165, 1.54) is 39.0 Å². The van der Waals surface area contributed by atoms with Crippen LogP contribution in [0, 0.1) is 0 Å². The summed E-state index contributed by atoms with van der Waals surface area (Å²) in [6, 6.07) is 8.99. The lowest BCUT2D eigenvalue weighted by molar-refractivity contribution is 0.112. The highest BCUT2D eigenvalue weighted by atomic mass is 16.5. The molecule has 0 amide bonds. The minimum absolute atomic E-state index is 0.589. The molecule has 2 aliphatic rings. The number of piperazine rings is 1. The average molecular weight is 275 g/mol. The summed E-state index contributed by atoms with van der Waals surface area (Å²) in [7, 11) is 0. The molecule has 1 aliphatic carbocycles. The minimum atomic E-state index is 0.589. The van der Waals surface area contributed by atoms with Gasteiger partial charge in [0.2, 0.25) is 0 Å². The Kier molecular flexibility index (Phi) is 4.55. The van der Waals surface area contributed by atoms with Crippen molar-refractivity contribution < 1.29 is 4.74 Å². The van der Waals surface area contributed by atoms with Gasteiger partial charge in [-0.15, -0.1) is 0 Å². The van der Waals surface area contributed by atoms with Crippen LogP contribution < -0.4 is 10.5 Å². The molecular weight excluding hydrogens is 250 g/mol. The van der Waals surface area contributed by atoms with E-state index < -0.39 is 0 Å². The molecule has 0 unspecified atom stereocenters. The summed E-state index contributed by atoms with van der Waals surface area (Å²) in [5.74, 6) is 0.943. The highest BCUT2D eigenvalue weighted by Gasteiger charge is 2.30. The summed E-state index contributed by atoms with van der Waals surface area (Å²) in [5.41, 5.74) is 6.73. The quantitative estimate of drug-likeness (QED) is 0.850. The van der Waals surface area contributed by atoms with Crippen molar-refractivity contribution in [2.75, 3.05) is 39.3 Å². The molecule has 0 radical (unpaired) electrons. The van der Waals surface area contributed by atoms with Crippen LogP contribution >= 0.6 is 0 Å². The largest absolute Gasteiger partial charge is 0.492 e. The van der Waals surface area contributed by atoms with Gasteiger partial charge in [0.25, 0.3) is 0 Å². The first kappa shape index (κ1) is 13.9. The van der Waals surface area contributed by atoms with E-state index in [0.29, 0.717) is 6.54 Å². The second-order valence-corrected chi connectivity index (χ2v) is 5.81. The maximum Gasteiger partial charge on any atom is 0.119 e. The third-order valence-electron chi connectivity index (χ3n) is 4.31. The Labute approximate surface area is 121 Å². The van der Waals surface area contributed by atoms with E-state index in [1.54, 1.807) is 0 Å². The second kappa shape index (κ2) is 6.57. The van der Waals surface area contributed by atoms with Crippen LogP contribution in [0.2, 0.25) is 0 Å². The van der Waals surface area contributed by atoms with Crippen LogP contribution in [0.25, 0.3) is 0 Å². The molecule has 1 aliphatic heterocycles. The number of hydrogen-bond donors (Lipinski definition) is 1. The molecule has 3 rings (SSSR count). The van der Waals surface area contributed by atoms with Crippen molar-refractivity contribution in [1.29, 1.82) is 0 Å². The SMILES string of the molecule is NCc1ccc(OCCN2CCN(C3CC3)CC2)cc1. The zero-order valence-electron chi connectivity index (χ0n) is 12.1. The highest BCUT2D eigenvalue weighted by molar-refractivity contribution is 5.27. The summed E-state index contributed by atoms with van der Waals surface area (Å²) in [6.45, 7) is 7.22. The van der Waals surface area contributed by atoms with Crippen LogP contribution in [-0.2, 0) is 6.54 Å². The number of nitrogens with zero attached hydrogens (tertiary/aromatic N) is 2. The van der Waals surface area contributed by atoms with Crippen molar-refractivity contribution in [2.45, 2.75) is 25.4 Å². The van der Waals surface area contributed by atoms with Gasteiger partial charge in [-0.3, -0.25) is 9.80 Å². The molecule has 4 nitrogen and oxygen atoms in total. The van der Waals surface area contributed by atoms with Crippen LogP contribution in [0.5, 0.6) is 5.75 Å². The summed E-state index contributed by atoms with van der Waals surface area (Å²) in [5, 5.41) is 0. The van der Waals surface area contributed by atoms with Gasteiger partial charge in [-0.2, -0.15) is 0 Å². The fourth-order valence-electron chi connectivity index (χ4n) is 2.81. The van der Waals surface area contributed by atoms with Gasteiger partial charge in [0, 0.05) is 45.3 Å². The van der Waals surface area contributed by atoms with Gasteiger partial charge >= 0.3 is 0 Å². The van der Waals surface area contributed by atoms with Crippen molar-refractivity contribution in [3.8, 4) is 5.75 Å². The zero-order chi connectivity index (χ0) is 13.8. The normalized spacial score (nSPS) is 21.1. The summed E-state index contributed by atoms with van der Waals surface area (Å²) < 4.78 is 5.80. The van der Waals surface area contributed by atoms with Gasteiger partial charge in [-0.25, -0.2) is 0 Å². The monoisotopic (exact) mass is 275 g/mol. The Morgan fingerprint density at radius 3 is 2.35 bits per heavy atom. The Morgan fingerprint density at radius 2 is 1.75 bits per heavy atom. The smallest absolute Gasteiger partial charge is 0.119 e. The molecule has 1 saturated heterocycles. The van der Waals surface area contributed by atoms with Gasteiger partial charge in [0.05, 0.1) is 0 Å². The molecule has 1 heterocycles. The van der Waals surface area contributed by atoms with Crippen molar-refractivity contribution in [2.24, 2.45) is 5.73 Å². The number of nitrogens with two attached hydrogens (primary N) is 1. The lowest BCUT2D eigenvalue weighted by atomic mass is 10.2. The van der Waals surface area contributed by atoms with Crippen molar-refractivity contribution >= 4 is 0 Å². The molecule has 0 atom stereocenters. The molecule has 1 aromatic carbocycles. The van der Waals surface area contributed by atoms with Gasteiger partial charge in [-0.05, 0) is 30.5 Å². The van der Waals surface area contributed by atoms with Crippen molar-refractivity contribution in [3.63, 3.8) is 0 Å². The Balaban J connectivity index is 1.35. The molecule has 0 aromatic heterocycles. The summed E-state index contributed by atoms with van der Waals surface area (Å²) in [6.07, 6.45) is 2.84. The molecule has 0 spiro atoms. The number of rotatable bonds is 6. The van der Waals surface area contributed by atoms with Crippen LogP contribution in [0.4, 0.5) is 0 Å². The maximum atomic E-state index is 5.80. The third-order valence-corrected chi connectivity index (χ3v) is 4.31. The Morgan fingerprint density at radius 1 is 1.05 bits per heavy atom. The zero-order valence-corrected chi connectivity index (χ0v) is 12.1. The van der Waals surface area contributed by atoms with E-state index in [1.807, 2.05) is 24.3 Å². The maximum absolute atomic E-state index is 5.80. The summed E-state index contributed by atoms with van der Waals surface area (Å²) >= 11 is 0. The predicted octanol–water partition coefficient (Wildman–Crippen LogP) is 1.30. The van der Waals surface area contributed by atoms with Crippen molar-refractivity contribution in [3.05, 3.63) is 29.8 Å². The highest BCUT2D eigenvalue weighted by Crippen LogP contribution is 2.27. The second-order valence-electron chi connectivity index (χ2n) is 5.81. The van der Waals surface area contributed by atoms with E-state index in [-0.39, 0.29) is 0 Å². The topological polar surface area (TPSA) is 41.7 Å². The number of hydrogen-bond acceptors (Lipinski definition) is 4. The first-order valence-corrected chi connectivity index (χ1v) is 7.73. The van der Waals surface area contributed by atoms with E-state index >= 15 is 0 Å². The van der Waals surface area contributed by atoms with E-state index in [4.69, 9.17) is 10.5 Å². The molecule has 2 N–H and O–H groups in total. The molecule has 4 heteroatoms. The fourth-order valence-corrected chi connectivity index (χ4v) is 2.81. The fraction of sp³-hybridized carbons (Fsp3) is 0.625. The number of benzene rings is 1. The van der Waals surface area contributed by atoms with Crippen LogP contribution in [0.1, 0.15) is 18.4 Å². The van der Waals surface area contributed by atoms with Gasteiger partial charge < -0.3 is 10.5 Å². The van der Waals surface area contributed by atoms with Crippen molar-refractivity contribution in [1.82, 2.24) is 9.80 Å². The minimum Gasteiger partial charge on any atom is -0.492 e. The molecular formula is C16H25N3O. The molecule has 2 fully saturated rings. The standard InChI is InChI=1S/C16H25N3O/c17-13-14-1-5-16(6-2-14)20-12-11-18-7-9-19(10-8-18)15-3-4-15/h1-2,5-6,15H,3-4,7-13,17H2. The average Bonchev–Trinajstić information content (AvgIpc) is 3.33. The first-order valence-electron chi connectivity index (χ1n) is 7.73. The molecule has 1 aromatic rings. The molecule has 1 saturated carbocycles. The lowest BCUT2D eigenvalue weighted by Gasteiger charge is -2.34. The molecule has 110 valence electrons. The van der Waals surface area contributed by atoms with Gasteiger partial charge in [0.15, 0.2) is 0 Å². The van der Waals surface area contributed by atoms with Gasteiger partial charge in [0.1, 0.15) is 12.4 Å². The van der Waals surface area contributed by atoms with E-state index in [9.17, 15) is 0 Å². The van der Waals surface area contributed by atoms with Gasteiger partial charge in [-0.1, -0.05) is 12.1 Å². The lowest BCUT2D eigenvalue weighted by Crippen LogP contribution is -2.48. The number of ether oxygens (including phenoxy) is 1. The van der Waals surface area contributed by atoms with E-state index in [0.717, 1.165) is 30.5 Å². The van der Waals surface area contributed by atoms with Crippen LogP contribution in [0.15, 0.2) is 24.3 Å². The Hall–Kier alpha value is -1.10. The third kappa shape index (κ3) is 3.72. The van der Waals surface area contributed by atoms with Crippen LogP contribution in [-0.4, -0.2) is 55.2 Å². The first-order chi connectivity index (χ1) is 9.85. The summed E-state index contributed by atoms with van der Waals surface area (Å²) in [4.78, 5) is 5.15. The molecule has 0 bridgehead atoms.